The molecule has 0 saturated carbocycles. The smallest absolute Gasteiger partial charge is 0.267 e. The minimum atomic E-state index is -0.530. The van der Waals surface area contributed by atoms with Crippen LogP contribution < -0.4 is 10.9 Å². The molecule has 0 atom stereocenters. The molecule has 0 aliphatic heterocycles. The van der Waals surface area contributed by atoms with Crippen molar-refractivity contribution >= 4 is 39.5 Å². The number of benzene rings is 2. The van der Waals surface area contributed by atoms with E-state index in [4.69, 9.17) is 0 Å². The Morgan fingerprint density at radius 2 is 1.69 bits per heavy atom. The van der Waals surface area contributed by atoms with Crippen LogP contribution in [0.2, 0.25) is 0 Å². The molecule has 0 aliphatic carbocycles. The zero-order valence-corrected chi connectivity index (χ0v) is 18.3. The Labute approximate surface area is 181 Å². The van der Waals surface area contributed by atoms with Crippen molar-refractivity contribution in [2.75, 3.05) is 0 Å². The molecule has 0 radical (unpaired) electrons. The van der Waals surface area contributed by atoms with E-state index in [1.807, 2.05) is 44.2 Å². The summed E-state index contributed by atoms with van der Waals surface area (Å²) in [7, 11) is 0. The van der Waals surface area contributed by atoms with Crippen LogP contribution in [0.15, 0.2) is 64.4 Å². The van der Waals surface area contributed by atoms with Crippen molar-refractivity contribution in [3.8, 4) is 0 Å². The van der Waals surface area contributed by atoms with Crippen molar-refractivity contribution in [2.45, 2.75) is 24.8 Å². The Bertz CT molecular complexity index is 1040. The van der Waals surface area contributed by atoms with E-state index in [9.17, 15) is 9.59 Å². The summed E-state index contributed by atoms with van der Waals surface area (Å²) in [5.41, 5.74) is 8.81. The predicted octanol–water partition coefficient (Wildman–Crippen LogP) is 4.22. The maximum absolute atomic E-state index is 12.5. The first kappa shape index (κ1) is 21.0. The third-order valence-corrected chi connectivity index (χ3v) is 5.65. The van der Waals surface area contributed by atoms with Gasteiger partial charge < -0.3 is 0 Å². The quantitative estimate of drug-likeness (QED) is 0.331. The van der Waals surface area contributed by atoms with E-state index in [2.05, 4.69) is 42.8 Å². The first-order chi connectivity index (χ1) is 13.9. The highest BCUT2D eigenvalue weighted by Gasteiger charge is 2.15. The number of nitrogens with zero attached hydrogens (tertiary/aromatic N) is 2. The Kier molecular flexibility index (Phi) is 7.00. The second-order valence-corrected chi connectivity index (χ2v) is 8.14. The molecular weight excluding hydrogens is 452 g/mol. The number of amides is 2. The van der Waals surface area contributed by atoms with Crippen LogP contribution in [0.5, 0.6) is 0 Å². The van der Waals surface area contributed by atoms with Gasteiger partial charge in [0.1, 0.15) is 5.69 Å². The number of rotatable bonds is 5. The number of hydrogen-bond donors (Lipinski definition) is 2. The van der Waals surface area contributed by atoms with E-state index in [0.29, 0.717) is 20.9 Å². The van der Waals surface area contributed by atoms with Gasteiger partial charge in [-0.05, 0) is 53.0 Å². The molecule has 3 aromatic rings. The van der Waals surface area contributed by atoms with Gasteiger partial charge in [-0.15, -0.1) is 0 Å². The van der Waals surface area contributed by atoms with Crippen LogP contribution in [-0.2, 0) is 5.75 Å². The van der Waals surface area contributed by atoms with Gasteiger partial charge in [0, 0.05) is 17.5 Å². The average Bonchev–Trinajstić information content (AvgIpc) is 2.72. The third-order valence-electron chi connectivity index (χ3n) is 4.16. The van der Waals surface area contributed by atoms with Crippen molar-refractivity contribution < 1.29 is 9.59 Å². The lowest BCUT2D eigenvalue weighted by atomic mass is 10.1. The van der Waals surface area contributed by atoms with Gasteiger partial charge >= 0.3 is 0 Å². The summed E-state index contributed by atoms with van der Waals surface area (Å²) in [5, 5.41) is 0.478. The summed E-state index contributed by atoms with van der Waals surface area (Å²) in [6.45, 7) is 3.98. The maximum atomic E-state index is 12.5. The number of halogens is 1. The normalized spacial score (nSPS) is 10.4. The molecule has 148 valence electrons. The van der Waals surface area contributed by atoms with E-state index in [1.165, 1.54) is 29.1 Å². The van der Waals surface area contributed by atoms with Gasteiger partial charge in [-0.25, -0.2) is 9.97 Å². The van der Waals surface area contributed by atoms with E-state index in [1.54, 1.807) is 12.1 Å². The third kappa shape index (κ3) is 5.65. The number of aryl methyl sites for hydroxylation is 2. The fourth-order valence-corrected chi connectivity index (χ4v) is 3.71. The summed E-state index contributed by atoms with van der Waals surface area (Å²) in [5.74, 6) is -0.241. The van der Waals surface area contributed by atoms with Gasteiger partial charge in [0.25, 0.3) is 11.8 Å². The second kappa shape index (κ2) is 9.67. The van der Waals surface area contributed by atoms with Crippen LogP contribution >= 0.6 is 27.7 Å². The van der Waals surface area contributed by atoms with Crippen LogP contribution in [0.3, 0.4) is 0 Å². The Hall–Kier alpha value is -2.71. The summed E-state index contributed by atoms with van der Waals surface area (Å²) in [4.78, 5) is 33.2. The molecule has 0 spiro atoms. The predicted molar refractivity (Wildman–Crippen MR) is 117 cm³/mol. The molecule has 1 heterocycles. The number of carbonyl (C=O) groups is 2. The highest BCUT2D eigenvalue weighted by atomic mass is 79.9. The summed E-state index contributed by atoms with van der Waals surface area (Å²) < 4.78 is 0.444. The highest BCUT2D eigenvalue weighted by molar-refractivity contribution is 9.10. The van der Waals surface area contributed by atoms with Crippen molar-refractivity contribution in [3.05, 3.63) is 87.1 Å². The lowest BCUT2D eigenvalue weighted by molar-refractivity contribution is 0.0843. The summed E-state index contributed by atoms with van der Waals surface area (Å²) in [6.07, 6.45) is 1.53. The number of nitrogens with one attached hydrogen (secondary N) is 2. The molecule has 0 aliphatic rings. The first-order valence-corrected chi connectivity index (χ1v) is 10.6. The monoisotopic (exact) mass is 470 g/mol. The zero-order valence-electron chi connectivity index (χ0n) is 15.9. The number of thioether (sulfide) groups is 1. The fourth-order valence-electron chi connectivity index (χ4n) is 2.44. The highest BCUT2D eigenvalue weighted by Crippen LogP contribution is 2.23. The van der Waals surface area contributed by atoms with Crippen molar-refractivity contribution in [1.29, 1.82) is 0 Å². The molecule has 2 amide bonds. The van der Waals surface area contributed by atoms with Crippen molar-refractivity contribution in [1.82, 2.24) is 20.8 Å². The van der Waals surface area contributed by atoms with Crippen molar-refractivity contribution in [3.63, 3.8) is 0 Å². The summed E-state index contributed by atoms with van der Waals surface area (Å²) in [6, 6.07) is 15.1. The molecular formula is C21H19BrN4O2S. The van der Waals surface area contributed by atoms with Crippen LogP contribution in [-0.4, -0.2) is 21.8 Å². The van der Waals surface area contributed by atoms with E-state index in [0.717, 1.165) is 5.56 Å². The largest absolute Gasteiger partial charge is 0.289 e. The van der Waals surface area contributed by atoms with Crippen LogP contribution in [0.4, 0.5) is 0 Å². The minimum Gasteiger partial charge on any atom is -0.267 e. The summed E-state index contributed by atoms with van der Waals surface area (Å²) >= 11 is 4.73. The molecule has 2 N–H and O–H groups in total. The Morgan fingerprint density at radius 1 is 1.00 bits per heavy atom. The van der Waals surface area contributed by atoms with Gasteiger partial charge in [0.15, 0.2) is 5.16 Å². The van der Waals surface area contributed by atoms with Crippen LogP contribution in [0.1, 0.15) is 37.5 Å². The van der Waals surface area contributed by atoms with Gasteiger partial charge in [0.05, 0.1) is 4.47 Å². The fraction of sp³-hybridized carbons (Fsp3) is 0.143. The minimum absolute atomic E-state index is 0.150. The van der Waals surface area contributed by atoms with Crippen LogP contribution in [0.25, 0.3) is 0 Å². The molecule has 0 bridgehead atoms. The lowest BCUT2D eigenvalue weighted by Gasteiger charge is -2.09. The SMILES string of the molecule is Cc1ccc(C(=O)NNC(=O)c2nc(SCc3ccccc3C)ncc2Br)cc1. The number of hydrogen-bond acceptors (Lipinski definition) is 5. The Morgan fingerprint density at radius 3 is 2.41 bits per heavy atom. The molecule has 3 rings (SSSR count). The second-order valence-electron chi connectivity index (χ2n) is 6.34. The van der Waals surface area contributed by atoms with Gasteiger partial charge in [-0.1, -0.05) is 53.7 Å². The van der Waals surface area contributed by atoms with Gasteiger partial charge in [-0.2, -0.15) is 0 Å². The molecule has 0 unspecified atom stereocenters. The first-order valence-electron chi connectivity index (χ1n) is 8.81. The molecule has 8 heteroatoms. The number of aromatic nitrogens is 2. The molecule has 2 aromatic carbocycles. The zero-order chi connectivity index (χ0) is 20.8. The Balaban J connectivity index is 1.64. The standard InChI is InChI=1S/C21H19BrN4O2S/c1-13-7-9-15(10-8-13)19(27)25-26-20(28)18-17(22)11-23-21(24-18)29-12-16-6-4-3-5-14(16)2/h3-11H,12H2,1-2H3,(H,25,27)(H,26,28). The molecule has 1 aromatic heterocycles. The lowest BCUT2D eigenvalue weighted by Crippen LogP contribution is -2.42. The van der Waals surface area contributed by atoms with E-state index in [-0.39, 0.29) is 5.69 Å². The topological polar surface area (TPSA) is 84.0 Å². The molecule has 0 fully saturated rings. The number of hydrazine groups is 1. The average molecular weight is 471 g/mol. The number of carbonyl (C=O) groups excluding carboxylic acids is 2. The molecule has 29 heavy (non-hydrogen) atoms. The van der Waals surface area contributed by atoms with Crippen molar-refractivity contribution in [2.24, 2.45) is 0 Å². The van der Waals surface area contributed by atoms with E-state index >= 15 is 0 Å². The molecule has 6 nitrogen and oxygen atoms in total. The van der Waals surface area contributed by atoms with Gasteiger partial charge in [0.2, 0.25) is 0 Å². The maximum Gasteiger partial charge on any atom is 0.289 e. The van der Waals surface area contributed by atoms with Crippen LogP contribution in [0, 0.1) is 13.8 Å². The van der Waals surface area contributed by atoms with Gasteiger partial charge in [-0.3, -0.25) is 20.4 Å². The van der Waals surface area contributed by atoms with E-state index < -0.39 is 11.8 Å². The molecule has 0 saturated heterocycles.